The zero-order chi connectivity index (χ0) is 13.1. The van der Waals surface area contributed by atoms with Crippen molar-refractivity contribution in [1.29, 1.82) is 0 Å². The topological polar surface area (TPSA) is 55.6 Å². The van der Waals surface area contributed by atoms with E-state index in [0.717, 1.165) is 17.7 Å². The average Bonchev–Trinajstić information content (AvgIpc) is 2.78. The van der Waals surface area contributed by atoms with E-state index in [1.54, 1.807) is 4.90 Å². The molecule has 0 radical (unpaired) electrons. The van der Waals surface area contributed by atoms with Crippen LogP contribution in [0.1, 0.15) is 18.9 Å². The second-order valence-electron chi connectivity index (χ2n) is 4.97. The summed E-state index contributed by atoms with van der Waals surface area (Å²) in [5.41, 5.74) is 7.60. The Labute approximate surface area is 108 Å². The Kier molecular flexibility index (Phi) is 3.87. The first-order valence-electron chi connectivity index (χ1n) is 6.28. The Morgan fingerprint density at radius 3 is 2.83 bits per heavy atom. The van der Waals surface area contributed by atoms with Gasteiger partial charge in [-0.05, 0) is 25.0 Å². The number of para-hydroxylation sites is 1. The van der Waals surface area contributed by atoms with E-state index < -0.39 is 0 Å². The number of ether oxygens (including phenoxy) is 1. The molecule has 1 aliphatic rings. The third-order valence-electron chi connectivity index (χ3n) is 3.39. The zero-order valence-corrected chi connectivity index (χ0v) is 10.9. The summed E-state index contributed by atoms with van der Waals surface area (Å²) in [6.45, 7) is 3.09. The smallest absolute Gasteiger partial charge is 0.228 e. The summed E-state index contributed by atoms with van der Waals surface area (Å²) in [6, 6.07) is 7.64. The normalized spacial score (nSPS) is 23.0. The predicted molar refractivity (Wildman–Crippen MR) is 70.8 cm³/mol. The predicted octanol–water partition coefficient (Wildman–Crippen LogP) is 1.65. The van der Waals surface area contributed by atoms with Crippen molar-refractivity contribution in [1.82, 2.24) is 4.90 Å². The molecule has 4 nitrogen and oxygen atoms in total. The number of anilines is 1. The van der Waals surface area contributed by atoms with Gasteiger partial charge in [0.1, 0.15) is 0 Å². The number of hydrogen-bond donors (Lipinski definition) is 1. The summed E-state index contributed by atoms with van der Waals surface area (Å²) in [6.07, 6.45) is 1.00. The highest BCUT2D eigenvalue weighted by Gasteiger charge is 2.30. The van der Waals surface area contributed by atoms with Crippen molar-refractivity contribution < 1.29 is 9.53 Å². The van der Waals surface area contributed by atoms with Crippen LogP contribution in [0.4, 0.5) is 5.69 Å². The molecule has 2 N–H and O–H groups in total. The lowest BCUT2D eigenvalue weighted by atomic mass is 10.0. The number of carbonyl (C=O) groups excluding carboxylic acids is 1. The lowest BCUT2D eigenvalue weighted by Gasteiger charge is -2.21. The van der Waals surface area contributed by atoms with Crippen molar-refractivity contribution in [3.05, 3.63) is 29.8 Å². The van der Waals surface area contributed by atoms with Gasteiger partial charge in [0.2, 0.25) is 5.91 Å². The van der Waals surface area contributed by atoms with E-state index in [1.807, 2.05) is 38.2 Å². The lowest BCUT2D eigenvalue weighted by molar-refractivity contribution is -0.134. The number of carbonyl (C=O) groups is 1. The second kappa shape index (κ2) is 5.40. The molecule has 1 aromatic rings. The highest BCUT2D eigenvalue weighted by atomic mass is 16.5. The molecule has 1 saturated heterocycles. The van der Waals surface area contributed by atoms with Crippen molar-refractivity contribution in [3.63, 3.8) is 0 Å². The number of amides is 1. The van der Waals surface area contributed by atoms with Crippen LogP contribution < -0.4 is 5.73 Å². The van der Waals surface area contributed by atoms with E-state index in [1.165, 1.54) is 0 Å². The van der Waals surface area contributed by atoms with E-state index >= 15 is 0 Å². The van der Waals surface area contributed by atoms with Crippen LogP contribution in [0.15, 0.2) is 24.3 Å². The van der Waals surface area contributed by atoms with E-state index in [4.69, 9.17) is 10.5 Å². The summed E-state index contributed by atoms with van der Waals surface area (Å²) >= 11 is 0. The van der Waals surface area contributed by atoms with Gasteiger partial charge in [0.25, 0.3) is 0 Å². The first-order valence-corrected chi connectivity index (χ1v) is 6.28. The van der Waals surface area contributed by atoms with Gasteiger partial charge in [-0.3, -0.25) is 4.79 Å². The highest BCUT2D eigenvalue weighted by Crippen LogP contribution is 2.22. The Morgan fingerprint density at radius 2 is 2.22 bits per heavy atom. The Hall–Kier alpha value is -1.55. The molecule has 18 heavy (non-hydrogen) atoms. The average molecular weight is 248 g/mol. The monoisotopic (exact) mass is 248 g/mol. The molecular weight excluding hydrogens is 228 g/mol. The third kappa shape index (κ3) is 2.82. The molecule has 0 bridgehead atoms. The maximum absolute atomic E-state index is 12.2. The van der Waals surface area contributed by atoms with Crippen LogP contribution in [0, 0.1) is 5.92 Å². The maximum atomic E-state index is 12.2. The van der Waals surface area contributed by atoms with Crippen LogP contribution >= 0.6 is 0 Å². The fourth-order valence-electron chi connectivity index (χ4n) is 2.31. The van der Waals surface area contributed by atoms with Gasteiger partial charge >= 0.3 is 0 Å². The Balaban J connectivity index is 1.98. The fourth-order valence-corrected chi connectivity index (χ4v) is 2.31. The van der Waals surface area contributed by atoms with Gasteiger partial charge in [-0.2, -0.15) is 0 Å². The summed E-state index contributed by atoms with van der Waals surface area (Å²) in [5.74, 6) is 0.137. The summed E-state index contributed by atoms with van der Waals surface area (Å²) in [4.78, 5) is 13.9. The van der Waals surface area contributed by atoms with Gasteiger partial charge in [0, 0.05) is 19.3 Å². The molecule has 1 aromatic carbocycles. The quantitative estimate of drug-likeness (QED) is 0.828. The minimum atomic E-state index is -0.00469. The van der Waals surface area contributed by atoms with Crippen LogP contribution in [-0.2, 0) is 16.1 Å². The molecule has 2 unspecified atom stereocenters. The second-order valence-corrected chi connectivity index (χ2v) is 4.97. The van der Waals surface area contributed by atoms with Crippen LogP contribution in [0.5, 0.6) is 0 Å². The fraction of sp³-hybridized carbons (Fsp3) is 0.500. The Bertz CT molecular complexity index is 434. The summed E-state index contributed by atoms with van der Waals surface area (Å²) in [5, 5.41) is 0. The number of rotatable bonds is 3. The van der Waals surface area contributed by atoms with Gasteiger partial charge in [0.15, 0.2) is 0 Å². The van der Waals surface area contributed by atoms with Gasteiger partial charge in [0.05, 0.1) is 18.6 Å². The van der Waals surface area contributed by atoms with E-state index in [-0.39, 0.29) is 17.9 Å². The number of nitrogens with zero attached hydrogens (tertiary/aromatic N) is 1. The number of hydrogen-bond acceptors (Lipinski definition) is 3. The molecule has 98 valence electrons. The molecule has 4 heteroatoms. The van der Waals surface area contributed by atoms with Crippen molar-refractivity contribution in [2.45, 2.75) is 26.0 Å². The first-order chi connectivity index (χ1) is 8.58. The SMILES string of the molecule is CC1CC(C(=O)N(C)Cc2ccccc2N)CO1. The molecule has 0 aliphatic carbocycles. The standard InChI is InChI=1S/C14H20N2O2/c1-10-7-12(9-18-10)14(17)16(2)8-11-5-3-4-6-13(11)15/h3-6,10,12H,7-9,15H2,1-2H3. The van der Waals surface area contributed by atoms with Gasteiger partial charge in [-0.25, -0.2) is 0 Å². The van der Waals surface area contributed by atoms with E-state index in [0.29, 0.717) is 13.2 Å². The molecule has 1 aliphatic heterocycles. The van der Waals surface area contributed by atoms with E-state index in [9.17, 15) is 4.79 Å². The van der Waals surface area contributed by atoms with Crippen molar-refractivity contribution in [2.75, 3.05) is 19.4 Å². The van der Waals surface area contributed by atoms with Crippen LogP contribution in [0.3, 0.4) is 0 Å². The van der Waals surface area contributed by atoms with Crippen molar-refractivity contribution >= 4 is 11.6 Å². The van der Waals surface area contributed by atoms with E-state index in [2.05, 4.69) is 0 Å². The molecule has 2 atom stereocenters. The number of nitrogens with two attached hydrogens (primary N) is 1. The maximum Gasteiger partial charge on any atom is 0.228 e. The summed E-state index contributed by atoms with van der Waals surface area (Å²) in [7, 11) is 1.82. The molecular formula is C14H20N2O2. The third-order valence-corrected chi connectivity index (χ3v) is 3.39. The first kappa shape index (κ1) is 12.9. The minimum absolute atomic E-state index is 0.00469. The van der Waals surface area contributed by atoms with Crippen LogP contribution in [-0.4, -0.2) is 30.6 Å². The molecule has 1 fully saturated rings. The van der Waals surface area contributed by atoms with Gasteiger partial charge in [-0.1, -0.05) is 18.2 Å². The number of benzene rings is 1. The van der Waals surface area contributed by atoms with Crippen LogP contribution in [0.25, 0.3) is 0 Å². The Morgan fingerprint density at radius 1 is 1.50 bits per heavy atom. The van der Waals surface area contributed by atoms with Crippen molar-refractivity contribution in [3.8, 4) is 0 Å². The van der Waals surface area contributed by atoms with Crippen molar-refractivity contribution in [2.24, 2.45) is 5.92 Å². The van der Waals surface area contributed by atoms with Gasteiger partial charge in [-0.15, -0.1) is 0 Å². The molecule has 1 heterocycles. The summed E-state index contributed by atoms with van der Waals surface area (Å²) < 4.78 is 5.44. The molecule has 0 aromatic heterocycles. The number of nitrogen functional groups attached to an aromatic ring is 1. The van der Waals surface area contributed by atoms with Gasteiger partial charge < -0.3 is 15.4 Å². The minimum Gasteiger partial charge on any atom is -0.398 e. The molecule has 0 spiro atoms. The molecule has 1 amide bonds. The molecule has 2 rings (SSSR count). The van der Waals surface area contributed by atoms with Crippen LogP contribution in [0.2, 0.25) is 0 Å². The largest absolute Gasteiger partial charge is 0.398 e. The molecule has 0 saturated carbocycles. The zero-order valence-electron chi connectivity index (χ0n) is 10.9. The highest BCUT2D eigenvalue weighted by molar-refractivity contribution is 5.79. The lowest BCUT2D eigenvalue weighted by Crippen LogP contribution is -2.33.